The van der Waals surface area contributed by atoms with Gasteiger partial charge in [-0.1, -0.05) is 0 Å². The Labute approximate surface area is 150 Å². The molecule has 0 unspecified atom stereocenters. The zero-order chi connectivity index (χ0) is 17.9. The van der Waals surface area contributed by atoms with Gasteiger partial charge in [0.05, 0.1) is 6.61 Å². The first-order chi connectivity index (χ1) is 12.7. The molecule has 26 heavy (non-hydrogen) atoms. The highest BCUT2D eigenvalue weighted by Crippen LogP contribution is 2.26. The second-order valence-electron chi connectivity index (χ2n) is 6.28. The molecule has 136 valence electrons. The van der Waals surface area contributed by atoms with Crippen molar-refractivity contribution in [2.24, 2.45) is 0 Å². The molecular weight excluding hydrogens is 334 g/mol. The van der Waals surface area contributed by atoms with Crippen LogP contribution in [0.5, 0.6) is 0 Å². The van der Waals surface area contributed by atoms with Crippen LogP contribution in [0.2, 0.25) is 0 Å². The van der Waals surface area contributed by atoms with Gasteiger partial charge in [-0.05, 0) is 37.1 Å². The van der Waals surface area contributed by atoms with Crippen LogP contribution in [0.25, 0.3) is 10.9 Å². The number of benzene rings is 1. The summed E-state index contributed by atoms with van der Waals surface area (Å²) in [4.78, 5) is 16.8. The van der Waals surface area contributed by atoms with Gasteiger partial charge in [-0.3, -0.25) is 15.2 Å². The van der Waals surface area contributed by atoms with E-state index in [1.165, 1.54) is 0 Å². The number of H-pyrrole nitrogens is 1. The number of ether oxygens (including phenoxy) is 2. The molecule has 0 bridgehead atoms. The number of hydrogen-bond acceptors (Lipinski definition) is 5. The number of rotatable bonds is 6. The molecule has 8 heteroatoms. The summed E-state index contributed by atoms with van der Waals surface area (Å²) >= 11 is 0. The Morgan fingerprint density at radius 2 is 2.38 bits per heavy atom. The van der Waals surface area contributed by atoms with Gasteiger partial charge < -0.3 is 14.0 Å². The van der Waals surface area contributed by atoms with Gasteiger partial charge in [0.25, 0.3) is 5.91 Å². The second kappa shape index (κ2) is 7.27. The summed E-state index contributed by atoms with van der Waals surface area (Å²) < 4.78 is 12.8. The average Bonchev–Trinajstić information content (AvgIpc) is 3.39. The van der Waals surface area contributed by atoms with E-state index in [-0.39, 0.29) is 18.0 Å². The van der Waals surface area contributed by atoms with Crippen molar-refractivity contribution in [3.63, 3.8) is 0 Å². The predicted octanol–water partition coefficient (Wildman–Crippen LogP) is 2.51. The molecule has 1 saturated heterocycles. The van der Waals surface area contributed by atoms with E-state index in [0.29, 0.717) is 18.0 Å². The summed E-state index contributed by atoms with van der Waals surface area (Å²) in [6.07, 6.45) is 3.86. The quantitative estimate of drug-likeness (QED) is 0.708. The van der Waals surface area contributed by atoms with Gasteiger partial charge >= 0.3 is 0 Å². The van der Waals surface area contributed by atoms with Crippen molar-refractivity contribution in [3.05, 3.63) is 41.9 Å². The molecule has 0 aliphatic carbocycles. The van der Waals surface area contributed by atoms with Gasteiger partial charge in [0.2, 0.25) is 5.95 Å². The Kier molecular flexibility index (Phi) is 4.68. The fraction of sp³-hybridized carbons (Fsp3) is 0.389. The van der Waals surface area contributed by atoms with Crippen LogP contribution >= 0.6 is 0 Å². The molecule has 1 amide bonds. The molecule has 0 spiro atoms. The number of aromatic nitrogens is 4. The topological polar surface area (TPSA) is 94.1 Å². The lowest BCUT2D eigenvalue weighted by Gasteiger charge is -2.06. The Morgan fingerprint density at radius 3 is 3.19 bits per heavy atom. The van der Waals surface area contributed by atoms with Crippen molar-refractivity contribution in [1.82, 2.24) is 19.7 Å². The van der Waals surface area contributed by atoms with E-state index in [1.54, 1.807) is 13.2 Å². The molecule has 1 aliphatic rings. The minimum atomic E-state index is -0.241. The van der Waals surface area contributed by atoms with Crippen LogP contribution in [0, 0.1) is 0 Å². The van der Waals surface area contributed by atoms with Gasteiger partial charge in [0, 0.05) is 42.9 Å². The number of aromatic amines is 1. The zero-order valence-corrected chi connectivity index (χ0v) is 14.6. The van der Waals surface area contributed by atoms with E-state index in [1.807, 2.05) is 24.4 Å². The molecule has 2 aromatic heterocycles. The predicted molar refractivity (Wildman–Crippen MR) is 96.1 cm³/mol. The van der Waals surface area contributed by atoms with Crippen molar-refractivity contribution in [1.29, 1.82) is 0 Å². The van der Waals surface area contributed by atoms with E-state index in [9.17, 15) is 4.79 Å². The molecule has 0 radical (unpaired) electrons. The molecule has 4 rings (SSSR count). The third kappa shape index (κ3) is 3.33. The lowest BCUT2D eigenvalue weighted by molar-refractivity contribution is 0.102. The molecule has 1 aromatic carbocycles. The molecular formula is C18H21N5O3. The number of nitrogens with one attached hydrogen (secondary N) is 2. The minimum Gasteiger partial charge on any atom is -0.383 e. The van der Waals surface area contributed by atoms with Gasteiger partial charge in [0.15, 0.2) is 5.82 Å². The SMILES string of the molecule is COCCn1ccc2cc(C(=O)Nc3n[nH]c([C@H]4CCCO4)n3)ccc21. The molecule has 1 atom stereocenters. The maximum Gasteiger partial charge on any atom is 0.258 e. The lowest BCUT2D eigenvalue weighted by Crippen LogP contribution is -2.13. The lowest BCUT2D eigenvalue weighted by atomic mass is 10.1. The van der Waals surface area contributed by atoms with Crippen LogP contribution in [-0.2, 0) is 16.0 Å². The second-order valence-corrected chi connectivity index (χ2v) is 6.28. The monoisotopic (exact) mass is 355 g/mol. The Balaban J connectivity index is 1.47. The number of carbonyl (C=O) groups is 1. The van der Waals surface area contributed by atoms with Gasteiger partial charge in [-0.2, -0.15) is 4.98 Å². The largest absolute Gasteiger partial charge is 0.383 e. The standard InChI is InChI=1S/C18H21N5O3/c1-25-10-8-23-7-6-12-11-13(4-5-14(12)23)17(24)20-18-19-16(21-22-18)15-3-2-9-26-15/h4-7,11,15H,2-3,8-10H2,1H3,(H2,19,20,21,22,24)/t15-/m1/s1. The van der Waals surface area contributed by atoms with E-state index < -0.39 is 0 Å². The van der Waals surface area contributed by atoms with Crippen molar-refractivity contribution in [3.8, 4) is 0 Å². The first kappa shape index (κ1) is 16.7. The smallest absolute Gasteiger partial charge is 0.258 e. The van der Waals surface area contributed by atoms with Gasteiger partial charge in [0.1, 0.15) is 6.10 Å². The number of nitrogens with zero attached hydrogens (tertiary/aromatic N) is 3. The first-order valence-electron chi connectivity index (χ1n) is 8.67. The number of fused-ring (bicyclic) bond motifs is 1. The van der Waals surface area contributed by atoms with Crippen molar-refractivity contribution in [2.45, 2.75) is 25.5 Å². The number of hydrogen-bond donors (Lipinski definition) is 2. The molecule has 1 fully saturated rings. The molecule has 2 N–H and O–H groups in total. The van der Waals surface area contributed by atoms with Crippen LogP contribution in [0.4, 0.5) is 5.95 Å². The van der Waals surface area contributed by atoms with Crippen LogP contribution in [0.1, 0.15) is 35.1 Å². The zero-order valence-electron chi connectivity index (χ0n) is 14.6. The molecule has 3 heterocycles. The fourth-order valence-electron chi connectivity index (χ4n) is 3.17. The number of amides is 1. The summed E-state index contributed by atoms with van der Waals surface area (Å²) in [5.74, 6) is 0.677. The number of carbonyl (C=O) groups excluding carboxylic acids is 1. The summed E-state index contributed by atoms with van der Waals surface area (Å²) in [7, 11) is 1.68. The normalized spacial score (nSPS) is 17.0. The van der Waals surface area contributed by atoms with E-state index in [0.717, 1.165) is 36.9 Å². The molecule has 0 saturated carbocycles. The van der Waals surface area contributed by atoms with Crippen LogP contribution in [0.15, 0.2) is 30.5 Å². The van der Waals surface area contributed by atoms with E-state index >= 15 is 0 Å². The summed E-state index contributed by atoms with van der Waals surface area (Å²) in [5, 5.41) is 10.6. The molecule has 1 aliphatic heterocycles. The highest BCUT2D eigenvalue weighted by molar-refractivity contribution is 6.05. The maximum absolute atomic E-state index is 12.5. The van der Waals surface area contributed by atoms with Crippen molar-refractivity contribution in [2.75, 3.05) is 25.6 Å². The third-order valence-corrected chi connectivity index (χ3v) is 4.53. The summed E-state index contributed by atoms with van der Waals surface area (Å²) in [6, 6.07) is 7.59. The maximum atomic E-state index is 12.5. The fourth-order valence-corrected chi connectivity index (χ4v) is 3.17. The summed E-state index contributed by atoms with van der Waals surface area (Å²) in [6.45, 7) is 2.15. The van der Waals surface area contributed by atoms with Crippen molar-refractivity contribution < 1.29 is 14.3 Å². The summed E-state index contributed by atoms with van der Waals surface area (Å²) in [5.41, 5.74) is 1.63. The molecule has 8 nitrogen and oxygen atoms in total. The highest BCUT2D eigenvalue weighted by atomic mass is 16.5. The van der Waals surface area contributed by atoms with Crippen LogP contribution < -0.4 is 5.32 Å². The minimum absolute atomic E-state index is 0.0589. The van der Waals surface area contributed by atoms with Crippen LogP contribution in [-0.4, -0.2) is 46.0 Å². The van der Waals surface area contributed by atoms with E-state index in [2.05, 4.69) is 25.1 Å². The van der Waals surface area contributed by atoms with Gasteiger partial charge in [-0.25, -0.2) is 0 Å². The first-order valence-corrected chi connectivity index (χ1v) is 8.67. The Morgan fingerprint density at radius 1 is 1.46 bits per heavy atom. The average molecular weight is 355 g/mol. The van der Waals surface area contributed by atoms with E-state index in [4.69, 9.17) is 9.47 Å². The molecule has 3 aromatic rings. The Bertz CT molecular complexity index is 911. The van der Waals surface area contributed by atoms with Gasteiger partial charge in [-0.15, -0.1) is 5.10 Å². The number of anilines is 1. The highest BCUT2D eigenvalue weighted by Gasteiger charge is 2.22. The Hall–Kier alpha value is -2.71. The third-order valence-electron chi connectivity index (χ3n) is 4.53. The van der Waals surface area contributed by atoms with Crippen molar-refractivity contribution >= 4 is 22.8 Å². The van der Waals surface area contributed by atoms with Crippen LogP contribution in [0.3, 0.4) is 0 Å². The number of methoxy groups -OCH3 is 1.